The van der Waals surface area contributed by atoms with E-state index < -0.39 is 21.8 Å². The molecule has 0 aliphatic rings. The average Bonchev–Trinajstić information content (AvgIpc) is 2.64. The largest absolute Gasteiger partial charge is 0.347 e. The first-order chi connectivity index (χ1) is 13.6. The van der Waals surface area contributed by atoms with E-state index in [1.807, 2.05) is 0 Å². The van der Waals surface area contributed by atoms with Crippen molar-refractivity contribution >= 4 is 50.7 Å². The van der Waals surface area contributed by atoms with Crippen LogP contribution in [0.25, 0.3) is 0 Å². The summed E-state index contributed by atoms with van der Waals surface area (Å²) < 4.78 is 26.7. The van der Waals surface area contributed by atoms with Crippen molar-refractivity contribution in [1.82, 2.24) is 10.0 Å². The van der Waals surface area contributed by atoms with Crippen LogP contribution >= 0.6 is 23.2 Å². The highest BCUT2D eigenvalue weighted by Gasteiger charge is 2.16. The van der Waals surface area contributed by atoms with Crippen LogP contribution < -0.4 is 15.4 Å². The number of amides is 2. The molecule has 0 aromatic heterocycles. The first-order valence-corrected chi connectivity index (χ1v) is 11.0. The van der Waals surface area contributed by atoms with Gasteiger partial charge in [-0.1, -0.05) is 35.3 Å². The van der Waals surface area contributed by atoms with Gasteiger partial charge in [0.05, 0.1) is 14.9 Å². The maximum atomic E-state index is 12.1. The predicted molar refractivity (Wildman–Crippen MR) is 114 cm³/mol. The maximum Gasteiger partial charge on any atom is 0.313 e. The Kier molecular flexibility index (Phi) is 8.04. The number of carbonyl (C=O) groups is 2. The van der Waals surface area contributed by atoms with Crippen LogP contribution in [0.5, 0.6) is 0 Å². The van der Waals surface area contributed by atoms with Gasteiger partial charge < -0.3 is 10.6 Å². The number of anilines is 1. The molecule has 0 aliphatic heterocycles. The average molecular weight is 458 g/mol. The van der Waals surface area contributed by atoms with Crippen LogP contribution in [0, 0.1) is 0 Å². The van der Waals surface area contributed by atoms with Crippen molar-refractivity contribution in [2.24, 2.45) is 0 Å². The minimum absolute atomic E-state index is 0.167. The van der Waals surface area contributed by atoms with Crippen LogP contribution in [0.2, 0.25) is 10.0 Å². The van der Waals surface area contributed by atoms with Gasteiger partial charge in [0, 0.05) is 18.3 Å². The Morgan fingerprint density at radius 3 is 2.21 bits per heavy atom. The molecule has 29 heavy (non-hydrogen) atoms. The van der Waals surface area contributed by atoms with Gasteiger partial charge in [-0.05, 0) is 56.2 Å². The summed E-state index contributed by atoms with van der Waals surface area (Å²) in [6, 6.07) is 10.6. The van der Waals surface area contributed by atoms with Crippen LogP contribution in [0.3, 0.4) is 0 Å². The van der Waals surface area contributed by atoms with E-state index >= 15 is 0 Å². The Balaban J connectivity index is 1.85. The van der Waals surface area contributed by atoms with E-state index in [4.69, 9.17) is 23.2 Å². The topological polar surface area (TPSA) is 104 Å². The molecule has 7 nitrogen and oxygen atoms in total. The first-order valence-electron chi connectivity index (χ1n) is 8.74. The molecule has 2 rings (SSSR count). The fraction of sp³-hybridized carbons (Fsp3) is 0.263. The maximum absolute atomic E-state index is 12.1. The van der Waals surface area contributed by atoms with Crippen molar-refractivity contribution in [1.29, 1.82) is 0 Å². The molecule has 2 aromatic rings. The zero-order valence-electron chi connectivity index (χ0n) is 15.8. The van der Waals surface area contributed by atoms with Crippen molar-refractivity contribution < 1.29 is 18.0 Å². The minimum Gasteiger partial charge on any atom is -0.347 e. The molecule has 2 aromatic carbocycles. The summed E-state index contributed by atoms with van der Waals surface area (Å²) in [5.41, 5.74) is 1.17. The van der Waals surface area contributed by atoms with Gasteiger partial charge in [0.25, 0.3) is 0 Å². The van der Waals surface area contributed by atoms with Crippen molar-refractivity contribution in [2.75, 3.05) is 11.9 Å². The van der Waals surface area contributed by atoms with Gasteiger partial charge in [0.1, 0.15) is 0 Å². The highest BCUT2D eigenvalue weighted by molar-refractivity contribution is 7.89. The summed E-state index contributed by atoms with van der Waals surface area (Å²) in [6.07, 6.45) is 0.434. The van der Waals surface area contributed by atoms with Crippen molar-refractivity contribution in [3.05, 3.63) is 58.1 Å². The normalized spacial score (nSPS) is 11.3. The first kappa shape index (κ1) is 23.2. The van der Waals surface area contributed by atoms with Gasteiger partial charge in [-0.3, -0.25) is 9.59 Å². The third kappa shape index (κ3) is 7.01. The number of benzene rings is 2. The lowest BCUT2D eigenvalue weighted by molar-refractivity contribution is -0.136. The third-order valence-corrected chi connectivity index (χ3v) is 6.12. The van der Waals surface area contributed by atoms with Crippen molar-refractivity contribution in [3.8, 4) is 0 Å². The van der Waals surface area contributed by atoms with Gasteiger partial charge in [-0.25, -0.2) is 13.1 Å². The SMILES string of the molecule is CC(C)NS(=O)(=O)c1ccc(CCNC(=O)C(=O)Nc2ccc(Cl)c(Cl)c2)cc1. The highest BCUT2D eigenvalue weighted by atomic mass is 35.5. The third-order valence-electron chi connectivity index (χ3n) is 3.71. The number of hydrogen-bond donors (Lipinski definition) is 3. The Labute approximate surface area is 179 Å². The van der Waals surface area contributed by atoms with E-state index in [-0.39, 0.29) is 22.5 Å². The van der Waals surface area contributed by atoms with E-state index in [9.17, 15) is 18.0 Å². The van der Waals surface area contributed by atoms with Gasteiger partial charge >= 0.3 is 11.8 Å². The molecule has 3 N–H and O–H groups in total. The Hall–Kier alpha value is -2.13. The van der Waals surface area contributed by atoms with E-state index in [1.54, 1.807) is 26.0 Å². The van der Waals surface area contributed by atoms with Crippen LogP contribution in [-0.4, -0.2) is 32.8 Å². The molecule has 0 radical (unpaired) electrons. The molecule has 0 aliphatic carbocycles. The lowest BCUT2D eigenvalue weighted by atomic mass is 10.1. The second-order valence-corrected chi connectivity index (χ2v) is 9.04. The molecule has 0 bridgehead atoms. The number of hydrogen-bond acceptors (Lipinski definition) is 4. The number of rotatable bonds is 7. The molecule has 0 unspecified atom stereocenters. The summed E-state index contributed by atoms with van der Waals surface area (Å²) in [5.74, 6) is -1.62. The lowest BCUT2D eigenvalue weighted by Crippen LogP contribution is -2.36. The van der Waals surface area contributed by atoms with Crippen molar-refractivity contribution in [3.63, 3.8) is 0 Å². The molecular formula is C19H21Cl2N3O4S. The Bertz CT molecular complexity index is 993. The second kappa shape index (κ2) is 10.1. The van der Waals surface area contributed by atoms with Crippen LogP contribution in [0.1, 0.15) is 19.4 Å². The summed E-state index contributed by atoms with van der Waals surface area (Å²) in [4.78, 5) is 24.0. The standard InChI is InChI=1S/C19H21Cl2N3O4S/c1-12(2)24-29(27,28)15-6-3-13(4-7-15)9-10-22-18(25)19(26)23-14-5-8-16(20)17(21)11-14/h3-8,11-12,24H,9-10H2,1-2H3,(H,22,25)(H,23,26). The highest BCUT2D eigenvalue weighted by Crippen LogP contribution is 2.24. The van der Waals surface area contributed by atoms with E-state index in [2.05, 4.69) is 15.4 Å². The number of sulfonamides is 1. The molecule has 2 amide bonds. The summed E-state index contributed by atoms with van der Waals surface area (Å²) in [6.45, 7) is 3.70. The fourth-order valence-electron chi connectivity index (χ4n) is 2.38. The molecule has 156 valence electrons. The van der Waals surface area contributed by atoms with Crippen molar-refractivity contribution in [2.45, 2.75) is 31.2 Å². The van der Waals surface area contributed by atoms with Gasteiger partial charge in [0.2, 0.25) is 10.0 Å². The van der Waals surface area contributed by atoms with Crippen LogP contribution in [-0.2, 0) is 26.0 Å². The molecule has 10 heteroatoms. The number of halogens is 2. The fourth-order valence-corrected chi connectivity index (χ4v) is 3.93. The molecule has 0 heterocycles. The van der Waals surface area contributed by atoms with E-state index in [1.165, 1.54) is 30.3 Å². The molecule has 0 saturated carbocycles. The second-order valence-electron chi connectivity index (χ2n) is 6.51. The van der Waals surface area contributed by atoms with E-state index in [0.717, 1.165) is 5.56 Å². The molecule has 0 saturated heterocycles. The summed E-state index contributed by atoms with van der Waals surface area (Å²) in [5, 5.41) is 5.54. The molecule has 0 atom stereocenters. The number of carbonyl (C=O) groups excluding carboxylic acids is 2. The Morgan fingerprint density at radius 1 is 0.966 bits per heavy atom. The number of nitrogens with one attached hydrogen (secondary N) is 3. The van der Waals surface area contributed by atoms with Gasteiger partial charge in [-0.2, -0.15) is 0 Å². The van der Waals surface area contributed by atoms with E-state index in [0.29, 0.717) is 17.1 Å². The predicted octanol–water partition coefficient (Wildman–Crippen LogP) is 2.98. The van der Waals surface area contributed by atoms with Gasteiger partial charge in [0.15, 0.2) is 0 Å². The lowest BCUT2D eigenvalue weighted by Gasteiger charge is -2.10. The van der Waals surface area contributed by atoms with Crippen LogP contribution in [0.4, 0.5) is 5.69 Å². The monoisotopic (exact) mass is 457 g/mol. The molecule has 0 spiro atoms. The van der Waals surface area contributed by atoms with Gasteiger partial charge in [-0.15, -0.1) is 0 Å². The van der Waals surface area contributed by atoms with Crippen LogP contribution in [0.15, 0.2) is 47.4 Å². The quantitative estimate of drug-likeness (QED) is 0.555. The smallest absolute Gasteiger partial charge is 0.313 e. The zero-order chi connectivity index (χ0) is 21.6. The zero-order valence-corrected chi connectivity index (χ0v) is 18.2. The summed E-state index contributed by atoms with van der Waals surface area (Å²) >= 11 is 11.7. The summed E-state index contributed by atoms with van der Waals surface area (Å²) in [7, 11) is -3.55. The minimum atomic E-state index is -3.55. The Morgan fingerprint density at radius 2 is 1.62 bits per heavy atom. The molecular weight excluding hydrogens is 437 g/mol. The molecule has 0 fully saturated rings.